The zero-order valence-corrected chi connectivity index (χ0v) is 16.6. The van der Waals surface area contributed by atoms with Crippen molar-refractivity contribution in [2.75, 3.05) is 25.1 Å². The largest absolute Gasteiger partial charge is 0.381 e. The summed E-state index contributed by atoms with van der Waals surface area (Å²) in [5, 5.41) is 4.36. The highest BCUT2D eigenvalue weighted by Crippen LogP contribution is 2.28. The molecule has 1 amide bonds. The van der Waals surface area contributed by atoms with E-state index >= 15 is 0 Å². The lowest BCUT2D eigenvalue weighted by Crippen LogP contribution is -2.47. The molecule has 3 aromatic rings. The maximum absolute atomic E-state index is 13.1. The molecular formula is C24H27N3O2. The average molecular weight is 389 g/mol. The number of benzene rings is 2. The summed E-state index contributed by atoms with van der Waals surface area (Å²) in [6.45, 7) is 2.63. The van der Waals surface area contributed by atoms with Gasteiger partial charge in [0.2, 0.25) is 5.91 Å². The minimum Gasteiger partial charge on any atom is -0.381 e. The molecule has 5 rings (SSSR count). The molecule has 0 saturated carbocycles. The molecule has 0 bridgehead atoms. The van der Waals surface area contributed by atoms with Gasteiger partial charge in [0.25, 0.3) is 0 Å². The number of hydrogen-bond acceptors (Lipinski definition) is 3. The molecule has 1 aromatic heterocycles. The number of anilines is 1. The van der Waals surface area contributed by atoms with E-state index in [1.165, 1.54) is 5.39 Å². The second-order valence-electron chi connectivity index (χ2n) is 8.08. The van der Waals surface area contributed by atoms with Crippen LogP contribution in [0.25, 0.3) is 22.2 Å². The van der Waals surface area contributed by atoms with Crippen LogP contribution in [-0.2, 0) is 9.53 Å². The lowest BCUT2D eigenvalue weighted by Gasteiger charge is -2.34. The number of hydrogen-bond donors (Lipinski definition) is 2. The number of ether oxygens (including phenoxy) is 1. The molecule has 3 heterocycles. The SMILES string of the molecule is O=C(Nc1cccc(-c2cc3ccccc3[nH]2)c1)C1CCCN1C1CCOCC1. The second kappa shape index (κ2) is 8.01. The number of carbonyl (C=O) groups is 1. The van der Waals surface area contributed by atoms with Crippen molar-refractivity contribution in [3.63, 3.8) is 0 Å². The van der Waals surface area contributed by atoms with Gasteiger partial charge in [-0.25, -0.2) is 0 Å². The Balaban J connectivity index is 1.32. The summed E-state index contributed by atoms with van der Waals surface area (Å²) >= 11 is 0. The number of rotatable bonds is 4. The van der Waals surface area contributed by atoms with E-state index in [1.54, 1.807) is 0 Å². The Hall–Kier alpha value is -2.63. The van der Waals surface area contributed by atoms with E-state index in [9.17, 15) is 4.79 Å². The summed E-state index contributed by atoms with van der Waals surface area (Å²) < 4.78 is 5.50. The summed E-state index contributed by atoms with van der Waals surface area (Å²) in [7, 11) is 0. The van der Waals surface area contributed by atoms with E-state index in [1.807, 2.05) is 24.3 Å². The van der Waals surface area contributed by atoms with Gasteiger partial charge >= 0.3 is 0 Å². The quantitative estimate of drug-likeness (QED) is 0.695. The van der Waals surface area contributed by atoms with Gasteiger partial charge in [-0.3, -0.25) is 9.69 Å². The van der Waals surface area contributed by atoms with Crippen LogP contribution in [0.3, 0.4) is 0 Å². The van der Waals surface area contributed by atoms with E-state index in [0.717, 1.165) is 67.9 Å². The summed E-state index contributed by atoms with van der Waals surface area (Å²) in [6.07, 6.45) is 4.08. The van der Waals surface area contributed by atoms with Gasteiger partial charge in [-0.05, 0) is 56.5 Å². The van der Waals surface area contributed by atoms with Crippen molar-refractivity contribution in [3.05, 3.63) is 54.6 Å². The number of aromatic amines is 1. The van der Waals surface area contributed by atoms with Gasteiger partial charge in [0.05, 0.1) is 6.04 Å². The summed E-state index contributed by atoms with van der Waals surface area (Å²) in [6, 6.07) is 18.9. The Labute approximate surface area is 171 Å². The van der Waals surface area contributed by atoms with Gasteiger partial charge in [0.1, 0.15) is 0 Å². The number of H-pyrrole nitrogens is 1. The monoisotopic (exact) mass is 389 g/mol. The molecule has 2 aromatic carbocycles. The van der Waals surface area contributed by atoms with Gasteiger partial charge in [-0.1, -0.05) is 30.3 Å². The fourth-order valence-corrected chi connectivity index (χ4v) is 4.74. The van der Waals surface area contributed by atoms with Crippen molar-refractivity contribution in [3.8, 4) is 11.3 Å². The average Bonchev–Trinajstić information content (AvgIpc) is 3.42. The maximum Gasteiger partial charge on any atom is 0.241 e. The van der Waals surface area contributed by atoms with Crippen molar-refractivity contribution in [2.24, 2.45) is 0 Å². The van der Waals surface area contributed by atoms with Gasteiger partial charge in [-0.2, -0.15) is 0 Å². The minimum absolute atomic E-state index is 0.0326. The Morgan fingerprint density at radius 3 is 2.76 bits per heavy atom. The molecule has 0 spiro atoms. The maximum atomic E-state index is 13.1. The first-order chi connectivity index (χ1) is 14.3. The zero-order chi connectivity index (χ0) is 19.6. The lowest BCUT2D eigenvalue weighted by molar-refractivity contribution is -0.121. The van der Waals surface area contributed by atoms with Crippen LogP contribution >= 0.6 is 0 Å². The second-order valence-corrected chi connectivity index (χ2v) is 8.08. The van der Waals surface area contributed by atoms with E-state index < -0.39 is 0 Å². The summed E-state index contributed by atoms with van der Waals surface area (Å²) in [4.78, 5) is 18.9. The van der Waals surface area contributed by atoms with Crippen molar-refractivity contribution in [2.45, 2.75) is 37.8 Å². The van der Waals surface area contributed by atoms with Gasteiger partial charge < -0.3 is 15.0 Å². The summed E-state index contributed by atoms with van der Waals surface area (Å²) in [5.74, 6) is 0.114. The van der Waals surface area contributed by atoms with Crippen LogP contribution in [-0.4, -0.2) is 47.6 Å². The number of nitrogens with zero attached hydrogens (tertiary/aromatic N) is 1. The van der Waals surface area contributed by atoms with Gasteiger partial charge in [0.15, 0.2) is 0 Å². The third-order valence-electron chi connectivity index (χ3n) is 6.23. The fourth-order valence-electron chi connectivity index (χ4n) is 4.74. The molecule has 2 aliphatic heterocycles. The van der Waals surface area contributed by atoms with Crippen molar-refractivity contribution >= 4 is 22.5 Å². The van der Waals surface area contributed by atoms with Crippen LogP contribution in [0.15, 0.2) is 54.6 Å². The third-order valence-corrected chi connectivity index (χ3v) is 6.23. The molecule has 1 unspecified atom stereocenters. The Kier molecular flexibility index (Phi) is 5.08. The fraction of sp³-hybridized carbons (Fsp3) is 0.375. The van der Waals surface area contributed by atoms with Crippen LogP contribution in [0.5, 0.6) is 0 Å². The molecule has 150 valence electrons. The molecular weight excluding hydrogens is 362 g/mol. The van der Waals surface area contributed by atoms with Crippen LogP contribution < -0.4 is 5.32 Å². The number of carbonyl (C=O) groups excluding carboxylic acids is 1. The van der Waals surface area contributed by atoms with E-state index in [0.29, 0.717) is 6.04 Å². The standard InChI is InChI=1S/C24H27N3O2/c28-24(23-9-4-12-27(23)20-10-13-29-14-11-20)25-19-7-3-6-17(15-19)22-16-18-5-1-2-8-21(18)26-22/h1-3,5-8,15-16,20,23,26H,4,9-14H2,(H,25,28). The normalized spacial score (nSPS) is 20.9. The summed E-state index contributed by atoms with van der Waals surface area (Å²) in [5.41, 5.74) is 4.11. The number of aromatic nitrogens is 1. The number of fused-ring (bicyclic) bond motifs is 1. The highest BCUT2D eigenvalue weighted by Gasteiger charge is 2.35. The molecule has 5 heteroatoms. The molecule has 2 N–H and O–H groups in total. The smallest absolute Gasteiger partial charge is 0.241 e. The van der Waals surface area contributed by atoms with Crippen molar-refractivity contribution in [1.82, 2.24) is 9.88 Å². The molecule has 0 aliphatic carbocycles. The molecule has 29 heavy (non-hydrogen) atoms. The predicted octanol–water partition coefficient (Wildman–Crippen LogP) is 4.42. The Morgan fingerprint density at radius 1 is 1.03 bits per heavy atom. The van der Waals surface area contributed by atoms with Crippen LogP contribution in [0.4, 0.5) is 5.69 Å². The van der Waals surface area contributed by atoms with Crippen LogP contribution in [0.1, 0.15) is 25.7 Å². The molecule has 0 radical (unpaired) electrons. The molecule has 5 nitrogen and oxygen atoms in total. The molecule has 2 fully saturated rings. The first-order valence-corrected chi connectivity index (χ1v) is 10.6. The molecule has 2 aliphatic rings. The van der Waals surface area contributed by atoms with E-state index in [4.69, 9.17) is 4.74 Å². The number of amides is 1. The molecule has 2 saturated heterocycles. The lowest BCUT2D eigenvalue weighted by atomic mass is 10.1. The number of likely N-dealkylation sites (tertiary alicyclic amines) is 1. The Morgan fingerprint density at radius 2 is 1.90 bits per heavy atom. The first-order valence-electron chi connectivity index (χ1n) is 10.6. The van der Waals surface area contributed by atoms with Crippen molar-refractivity contribution < 1.29 is 9.53 Å². The van der Waals surface area contributed by atoms with Crippen LogP contribution in [0, 0.1) is 0 Å². The Bertz CT molecular complexity index is 973. The minimum atomic E-state index is -0.0326. The number of para-hydroxylation sites is 1. The van der Waals surface area contributed by atoms with Crippen molar-refractivity contribution in [1.29, 1.82) is 0 Å². The van der Waals surface area contributed by atoms with E-state index in [-0.39, 0.29) is 11.9 Å². The molecule has 1 atom stereocenters. The van der Waals surface area contributed by atoms with Gasteiger partial charge in [-0.15, -0.1) is 0 Å². The highest BCUT2D eigenvalue weighted by atomic mass is 16.5. The number of nitrogens with one attached hydrogen (secondary N) is 2. The van der Waals surface area contributed by atoms with Crippen LogP contribution in [0.2, 0.25) is 0 Å². The van der Waals surface area contributed by atoms with Gasteiger partial charge in [0, 0.05) is 47.1 Å². The predicted molar refractivity (Wildman–Crippen MR) is 116 cm³/mol. The van der Waals surface area contributed by atoms with E-state index in [2.05, 4.69) is 45.5 Å². The third kappa shape index (κ3) is 3.80. The highest BCUT2D eigenvalue weighted by molar-refractivity contribution is 5.96. The first kappa shape index (κ1) is 18.4. The topological polar surface area (TPSA) is 57.4 Å². The zero-order valence-electron chi connectivity index (χ0n) is 16.6.